The molecule has 0 saturated heterocycles. The normalized spacial score (nSPS) is 13.3. The minimum atomic E-state index is -1.06. The van der Waals surface area contributed by atoms with Gasteiger partial charge in [0.05, 0.1) is 19.0 Å². The summed E-state index contributed by atoms with van der Waals surface area (Å²) in [6, 6.07) is 8.28. The number of halogens is 2. The van der Waals surface area contributed by atoms with Gasteiger partial charge in [0.1, 0.15) is 0 Å². The van der Waals surface area contributed by atoms with E-state index in [4.69, 9.17) is 9.84 Å². The van der Waals surface area contributed by atoms with Crippen LogP contribution in [0.3, 0.4) is 0 Å². The highest BCUT2D eigenvalue weighted by atomic mass is 19.2. The predicted molar refractivity (Wildman–Crippen MR) is 126 cm³/mol. The average molecular weight is 479 g/mol. The first-order chi connectivity index (χ1) is 17.0. The Labute approximate surface area is 199 Å². The summed E-state index contributed by atoms with van der Waals surface area (Å²) in [5.41, 5.74) is 3.14. The molecule has 2 aromatic carbocycles. The maximum atomic E-state index is 14.7. The van der Waals surface area contributed by atoms with Crippen molar-refractivity contribution in [3.05, 3.63) is 71.7 Å². The summed E-state index contributed by atoms with van der Waals surface area (Å²) in [5.74, 6) is -1.87. The number of rotatable bonds is 7. The number of nitrogens with zero attached hydrogens (tertiary/aromatic N) is 4. The fourth-order valence-electron chi connectivity index (χ4n) is 4.32. The van der Waals surface area contributed by atoms with Crippen molar-refractivity contribution < 1.29 is 23.4 Å². The third kappa shape index (κ3) is 4.06. The number of aromatic nitrogens is 3. The van der Waals surface area contributed by atoms with Crippen LogP contribution in [-0.4, -0.2) is 57.1 Å². The molecule has 35 heavy (non-hydrogen) atoms. The standard InChI is InChI=1S/C25H23F2N5O3/c1-35-20-6-5-18(21(26)22(20)27)19-14-29-24-23(28-8-11-32(19)24)30-16-3-4-17-15(13-16)7-10-31(25(17)34)9-2-12-33/h3-6,8,11,13-14,33H,2,7,9-10,12H2,1H3,(H,28,30). The highest BCUT2D eigenvalue weighted by Crippen LogP contribution is 2.32. The molecular formula is C25H23F2N5O3. The minimum Gasteiger partial charge on any atom is -0.494 e. The fraction of sp³-hybridized carbons (Fsp3) is 0.240. The monoisotopic (exact) mass is 479 g/mol. The van der Waals surface area contributed by atoms with Gasteiger partial charge in [-0.1, -0.05) is 0 Å². The molecule has 0 radical (unpaired) electrons. The number of anilines is 2. The van der Waals surface area contributed by atoms with Crippen LogP contribution in [0.4, 0.5) is 20.3 Å². The predicted octanol–water partition coefficient (Wildman–Crippen LogP) is 3.81. The number of aliphatic hydroxyl groups excluding tert-OH is 1. The number of ether oxygens (including phenoxy) is 1. The molecule has 2 aromatic heterocycles. The second kappa shape index (κ2) is 9.30. The van der Waals surface area contributed by atoms with Crippen LogP contribution in [0.25, 0.3) is 16.9 Å². The summed E-state index contributed by atoms with van der Waals surface area (Å²) in [7, 11) is 1.28. The largest absolute Gasteiger partial charge is 0.494 e. The van der Waals surface area contributed by atoms with Gasteiger partial charge in [-0.05, 0) is 48.7 Å². The molecule has 0 fully saturated rings. The molecule has 0 atom stereocenters. The lowest BCUT2D eigenvalue weighted by Crippen LogP contribution is -2.38. The third-order valence-corrected chi connectivity index (χ3v) is 6.09. The number of nitrogens with one attached hydrogen (secondary N) is 1. The maximum Gasteiger partial charge on any atom is 0.254 e. The molecule has 0 spiro atoms. The lowest BCUT2D eigenvalue weighted by Gasteiger charge is -2.28. The molecule has 5 rings (SSSR count). The number of hydrogen-bond donors (Lipinski definition) is 2. The highest BCUT2D eigenvalue weighted by molar-refractivity contribution is 5.97. The molecule has 8 nitrogen and oxygen atoms in total. The van der Waals surface area contributed by atoms with Gasteiger partial charge in [-0.15, -0.1) is 0 Å². The SMILES string of the molecule is COc1ccc(-c2cnc3c(Nc4ccc5c(c4)CCN(CCCO)C5=O)nccn23)c(F)c1F. The van der Waals surface area contributed by atoms with E-state index in [0.717, 1.165) is 11.3 Å². The van der Waals surface area contributed by atoms with Gasteiger partial charge in [-0.3, -0.25) is 9.20 Å². The summed E-state index contributed by atoms with van der Waals surface area (Å²) in [6.45, 7) is 1.17. The first kappa shape index (κ1) is 22.7. The molecule has 4 aromatic rings. The fourth-order valence-corrected chi connectivity index (χ4v) is 4.32. The van der Waals surface area contributed by atoms with E-state index >= 15 is 0 Å². The van der Waals surface area contributed by atoms with Crippen molar-refractivity contribution in [2.24, 2.45) is 0 Å². The number of benzene rings is 2. The highest BCUT2D eigenvalue weighted by Gasteiger charge is 2.24. The number of imidazole rings is 1. The molecular weight excluding hydrogens is 456 g/mol. The minimum absolute atomic E-state index is 0.0434. The van der Waals surface area contributed by atoms with Crippen molar-refractivity contribution in [1.29, 1.82) is 0 Å². The summed E-state index contributed by atoms with van der Waals surface area (Å²) in [6.07, 6.45) is 5.88. The third-order valence-electron chi connectivity index (χ3n) is 6.09. The van der Waals surface area contributed by atoms with E-state index in [1.54, 1.807) is 33.8 Å². The van der Waals surface area contributed by atoms with Crippen molar-refractivity contribution in [2.75, 3.05) is 32.1 Å². The van der Waals surface area contributed by atoms with E-state index in [9.17, 15) is 13.6 Å². The van der Waals surface area contributed by atoms with Crippen molar-refractivity contribution in [2.45, 2.75) is 12.8 Å². The first-order valence-electron chi connectivity index (χ1n) is 11.2. The van der Waals surface area contributed by atoms with Gasteiger partial charge >= 0.3 is 0 Å². The van der Waals surface area contributed by atoms with Crippen LogP contribution in [-0.2, 0) is 6.42 Å². The number of aliphatic hydroxyl groups is 1. The van der Waals surface area contributed by atoms with Crippen LogP contribution in [0.2, 0.25) is 0 Å². The van der Waals surface area contributed by atoms with Crippen LogP contribution in [0.15, 0.2) is 48.9 Å². The molecule has 0 unspecified atom stereocenters. The first-order valence-corrected chi connectivity index (χ1v) is 11.2. The Kier molecular flexibility index (Phi) is 6.04. The van der Waals surface area contributed by atoms with Crippen molar-refractivity contribution in [1.82, 2.24) is 19.3 Å². The maximum absolute atomic E-state index is 14.7. The van der Waals surface area contributed by atoms with E-state index in [1.807, 2.05) is 6.07 Å². The van der Waals surface area contributed by atoms with Gasteiger partial charge < -0.3 is 20.1 Å². The summed E-state index contributed by atoms with van der Waals surface area (Å²) in [4.78, 5) is 23.2. The number of amides is 1. The van der Waals surface area contributed by atoms with E-state index in [2.05, 4.69) is 15.3 Å². The Morgan fingerprint density at radius 2 is 1.97 bits per heavy atom. The average Bonchev–Trinajstić information content (AvgIpc) is 3.30. The molecule has 1 aliphatic heterocycles. The lowest BCUT2D eigenvalue weighted by atomic mass is 9.98. The molecule has 0 bridgehead atoms. The zero-order valence-corrected chi connectivity index (χ0v) is 19.0. The number of carbonyl (C=O) groups excluding carboxylic acids is 1. The van der Waals surface area contributed by atoms with E-state index in [1.165, 1.54) is 25.4 Å². The number of hydrogen-bond acceptors (Lipinski definition) is 6. The van der Waals surface area contributed by atoms with Gasteiger partial charge in [-0.25, -0.2) is 14.4 Å². The van der Waals surface area contributed by atoms with E-state index in [0.29, 0.717) is 48.7 Å². The zero-order valence-electron chi connectivity index (χ0n) is 19.0. The number of methoxy groups -OCH3 is 1. The van der Waals surface area contributed by atoms with Gasteiger partial charge in [0, 0.05) is 48.9 Å². The molecule has 180 valence electrons. The molecule has 0 aliphatic carbocycles. The summed E-state index contributed by atoms with van der Waals surface area (Å²) < 4.78 is 35.5. The van der Waals surface area contributed by atoms with Crippen LogP contribution in [0, 0.1) is 11.6 Å². The van der Waals surface area contributed by atoms with Crippen LogP contribution in [0.1, 0.15) is 22.3 Å². The molecule has 3 heterocycles. The number of carbonyl (C=O) groups is 1. The molecule has 2 N–H and O–H groups in total. The van der Waals surface area contributed by atoms with Crippen molar-refractivity contribution in [3.8, 4) is 17.0 Å². The van der Waals surface area contributed by atoms with Gasteiger partial charge in [0.25, 0.3) is 5.91 Å². The topological polar surface area (TPSA) is 92.0 Å². The summed E-state index contributed by atoms with van der Waals surface area (Å²) >= 11 is 0. The van der Waals surface area contributed by atoms with Crippen LogP contribution >= 0.6 is 0 Å². The van der Waals surface area contributed by atoms with Gasteiger partial charge in [0.15, 0.2) is 23.0 Å². The Hall–Kier alpha value is -4.05. The molecule has 10 heteroatoms. The second-order valence-electron chi connectivity index (χ2n) is 8.17. The molecule has 0 saturated carbocycles. The molecule has 1 amide bonds. The Bertz CT molecular complexity index is 1420. The second-order valence-corrected chi connectivity index (χ2v) is 8.17. The zero-order chi connectivity index (χ0) is 24.5. The number of fused-ring (bicyclic) bond motifs is 2. The van der Waals surface area contributed by atoms with E-state index in [-0.39, 0.29) is 23.8 Å². The van der Waals surface area contributed by atoms with Crippen LogP contribution in [0.5, 0.6) is 5.75 Å². The summed E-state index contributed by atoms with van der Waals surface area (Å²) in [5, 5.41) is 12.3. The van der Waals surface area contributed by atoms with Crippen molar-refractivity contribution in [3.63, 3.8) is 0 Å². The van der Waals surface area contributed by atoms with Crippen LogP contribution < -0.4 is 10.1 Å². The molecule has 1 aliphatic rings. The van der Waals surface area contributed by atoms with Gasteiger partial charge in [0.2, 0.25) is 5.82 Å². The lowest BCUT2D eigenvalue weighted by molar-refractivity contribution is 0.0729. The quantitative estimate of drug-likeness (QED) is 0.419. The Morgan fingerprint density at radius 1 is 1.14 bits per heavy atom. The smallest absolute Gasteiger partial charge is 0.254 e. The Morgan fingerprint density at radius 3 is 2.77 bits per heavy atom. The van der Waals surface area contributed by atoms with E-state index < -0.39 is 11.6 Å². The van der Waals surface area contributed by atoms with Crippen molar-refractivity contribution >= 4 is 23.1 Å². The van der Waals surface area contributed by atoms with Gasteiger partial charge in [-0.2, -0.15) is 4.39 Å². The Balaban J connectivity index is 1.44.